The molecule has 0 aliphatic carbocycles. The molecule has 2 amide bonds. The maximum atomic E-state index is 12.4. The lowest BCUT2D eigenvalue weighted by molar-refractivity contribution is 0.0655. The number of nitrogens with one attached hydrogen (secondary N) is 1. The molecule has 1 N–H and O–H groups in total. The Balaban J connectivity index is 2.13. The van der Waals surface area contributed by atoms with Gasteiger partial charge in [0.05, 0.1) is 0 Å². The number of benzene rings is 1. The van der Waals surface area contributed by atoms with Crippen LogP contribution in [0.3, 0.4) is 0 Å². The first-order valence-corrected chi connectivity index (χ1v) is 6.84. The predicted octanol–water partition coefficient (Wildman–Crippen LogP) is 0.822. The first-order chi connectivity index (χ1) is 9.50. The van der Waals surface area contributed by atoms with E-state index in [0.717, 1.165) is 19.6 Å². The lowest BCUT2D eigenvalue weighted by Gasteiger charge is -2.34. The standard InChI is InChI=1S/C15H21N3O2/c1-11-10-16-8-9-18(11)15(20)13-6-4-12(5-7-13)14(19)17(2)3/h4-7,11,16H,8-10H2,1-3H3/t11-/m0/s1. The molecule has 5 heteroatoms. The Labute approximate surface area is 119 Å². The average molecular weight is 275 g/mol. The second kappa shape index (κ2) is 6.05. The van der Waals surface area contributed by atoms with Crippen LogP contribution >= 0.6 is 0 Å². The van der Waals surface area contributed by atoms with Crippen molar-refractivity contribution in [1.29, 1.82) is 0 Å². The number of amides is 2. The van der Waals surface area contributed by atoms with Gasteiger partial charge in [-0.05, 0) is 31.2 Å². The maximum absolute atomic E-state index is 12.4. The summed E-state index contributed by atoms with van der Waals surface area (Å²) < 4.78 is 0. The second-order valence-electron chi connectivity index (χ2n) is 5.33. The lowest BCUT2D eigenvalue weighted by Crippen LogP contribution is -2.52. The maximum Gasteiger partial charge on any atom is 0.254 e. The van der Waals surface area contributed by atoms with Gasteiger partial charge in [-0.25, -0.2) is 0 Å². The van der Waals surface area contributed by atoms with Crippen LogP contribution in [0.25, 0.3) is 0 Å². The van der Waals surface area contributed by atoms with Crippen LogP contribution in [0.1, 0.15) is 27.6 Å². The Morgan fingerprint density at radius 3 is 2.35 bits per heavy atom. The van der Waals surface area contributed by atoms with Crippen LogP contribution in [0.5, 0.6) is 0 Å². The number of carbonyl (C=O) groups is 2. The van der Waals surface area contributed by atoms with Gasteiger partial charge in [0.25, 0.3) is 11.8 Å². The molecule has 1 atom stereocenters. The zero-order valence-corrected chi connectivity index (χ0v) is 12.2. The second-order valence-corrected chi connectivity index (χ2v) is 5.33. The zero-order valence-electron chi connectivity index (χ0n) is 12.2. The molecule has 108 valence electrons. The van der Waals surface area contributed by atoms with Crippen molar-refractivity contribution in [3.8, 4) is 0 Å². The summed E-state index contributed by atoms with van der Waals surface area (Å²) in [6, 6.07) is 7.08. The van der Waals surface area contributed by atoms with Crippen LogP contribution in [-0.2, 0) is 0 Å². The Morgan fingerprint density at radius 1 is 1.20 bits per heavy atom. The van der Waals surface area contributed by atoms with Crippen molar-refractivity contribution >= 4 is 11.8 Å². The minimum absolute atomic E-state index is 0.0304. The minimum atomic E-state index is -0.0560. The van der Waals surface area contributed by atoms with E-state index in [9.17, 15) is 9.59 Å². The van der Waals surface area contributed by atoms with Crippen molar-refractivity contribution in [3.05, 3.63) is 35.4 Å². The monoisotopic (exact) mass is 275 g/mol. The third-order valence-corrected chi connectivity index (χ3v) is 3.55. The molecule has 1 aromatic carbocycles. The Hall–Kier alpha value is -1.88. The van der Waals surface area contributed by atoms with Crippen molar-refractivity contribution in [2.45, 2.75) is 13.0 Å². The number of carbonyl (C=O) groups excluding carboxylic acids is 2. The number of hydrogen-bond donors (Lipinski definition) is 1. The number of nitrogens with zero attached hydrogens (tertiary/aromatic N) is 2. The van der Waals surface area contributed by atoms with Gasteiger partial charge in [-0.15, -0.1) is 0 Å². The van der Waals surface area contributed by atoms with Gasteiger partial charge >= 0.3 is 0 Å². The Morgan fingerprint density at radius 2 is 1.80 bits per heavy atom. The van der Waals surface area contributed by atoms with Crippen LogP contribution < -0.4 is 5.32 Å². The summed E-state index contributed by atoms with van der Waals surface area (Å²) in [4.78, 5) is 27.6. The third kappa shape index (κ3) is 2.99. The largest absolute Gasteiger partial charge is 0.345 e. The van der Waals surface area contributed by atoms with Crippen LogP contribution in [0, 0.1) is 0 Å². The number of piperazine rings is 1. The molecule has 0 spiro atoms. The van der Waals surface area contributed by atoms with E-state index in [1.165, 1.54) is 4.90 Å². The summed E-state index contributed by atoms with van der Waals surface area (Å²) in [5.41, 5.74) is 1.23. The third-order valence-electron chi connectivity index (χ3n) is 3.55. The topological polar surface area (TPSA) is 52.7 Å². The molecule has 5 nitrogen and oxygen atoms in total. The predicted molar refractivity (Wildman–Crippen MR) is 77.8 cm³/mol. The number of hydrogen-bond acceptors (Lipinski definition) is 3. The van der Waals surface area contributed by atoms with Gasteiger partial charge in [-0.2, -0.15) is 0 Å². The fraction of sp³-hybridized carbons (Fsp3) is 0.467. The summed E-state index contributed by atoms with van der Waals surface area (Å²) >= 11 is 0. The van der Waals surface area contributed by atoms with Crippen LogP contribution in [0.2, 0.25) is 0 Å². The minimum Gasteiger partial charge on any atom is -0.345 e. The van der Waals surface area contributed by atoms with Crippen LogP contribution in [0.15, 0.2) is 24.3 Å². The van der Waals surface area contributed by atoms with Gasteiger partial charge in [0, 0.05) is 50.9 Å². The highest BCUT2D eigenvalue weighted by atomic mass is 16.2. The van der Waals surface area contributed by atoms with E-state index in [1.807, 2.05) is 11.8 Å². The molecular weight excluding hydrogens is 254 g/mol. The van der Waals surface area contributed by atoms with Crippen molar-refractivity contribution < 1.29 is 9.59 Å². The van der Waals surface area contributed by atoms with Crippen LogP contribution in [0.4, 0.5) is 0 Å². The van der Waals surface area contributed by atoms with Gasteiger partial charge in [0.15, 0.2) is 0 Å². The van der Waals surface area contributed by atoms with E-state index in [0.29, 0.717) is 11.1 Å². The van der Waals surface area contributed by atoms with Crippen molar-refractivity contribution in [3.63, 3.8) is 0 Å². The fourth-order valence-electron chi connectivity index (χ4n) is 2.32. The average Bonchev–Trinajstić information content (AvgIpc) is 2.46. The van der Waals surface area contributed by atoms with Gasteiger partial charge in [-0.1, -0.05) is 0 Å². The number of rotatable bonds is 2. The SMILES string of the molecule is C[C@H]1CNCCN1C(=O)c1ccc(C(=O)N(C)C)cc1. The van der Waals surface area contributed by atoms with Crippen LogP contribution in [-0.4, -0.2) is 61.4 Å². The van der Waals surface area contributed by atoms with Gasteiger partial charge in [-0.3, -0.25) is 9.59 Å². The van der Waals surface area contributed by atoms with E-state index < -0.39 is 0 Å². The summed E-state index contributed by atoms with van der Waals surface area (Å²) in [5.74, 6) is -0.0256. The fourth-order valence-corrected chi connectivity index (χ4v) is 2.32. The molecule has 1 fully saturated rings. The first-order valence-electron chi connectivity index (χ1n) is 6.84. The molecule has 0 saturated carbocycles. The molecular formula is C15H21N3O2. The molecule has 1 saturated heterocycles. The van der Waals surface area contributed by atoms with E-state index >= 15 is 0 Å². The highest BCUT2D eigenvalue weighted by molar-refractivity contribution is 5.97. The Kier molecular flexibility index (Phi) is 4.39. The molecule has 0 unspecified atom stereocenters. The first kappa shape index (κ1) is 14.5. The molecule has 0 radical (unpaired) electrons. The van der Waals surface area contributed by atoms with E-state index in [-0.39, 0.29) is 17.9 Å². The van der Waals surface area contributed by atoms with E-state index in [4.69, 9.17) is 0 Å². The molecule has 1 aliphatic heterocycles. The highest BCUT2D eigenvalue weighted by Crippen LogP contribution is 2.12. The lowest BCUT2D eigenvalue weighted by atomic mass is 10.1. The van der Waals surface area contributed by atoms with Crippen molar-refractivity contribution in [2.24, 2.45) is 0 Å². The summed E-state index contributed by atoms with van der Waals surface area (Å²) in [5, 5.41) is 3.26. The highest BCUT2D eigenvalue weighted by Gasteiger charge is 2.24. The molecule has 20 heavy (non-hydrogen) atoms. The molecule has 2 rings (SSSR count). The summed E-state index contributed by atoms with van der Waals surface area (Å²) in [6.45, 7) is 4.41. The van der Waals surface area contributed by atoms with E-state index in [1.54, 1.807) is 38.4 Å². The molecule has 1 heterocycles. The smallest absolute Gasteiger partial charge is 0.254 e. The quantitative estimate of drug-likeness (QED) is 0.869. The van der Waals surface area contributed by atoms with Gasteiger partial charge in [0.1, 0.15) is 0 Å². The summed E-state index contributed by atoms with van der Waals surface area (Å²) in [7, 11) is 3.42. The molecule has 0 aromatic heterocycles. The normalized spacial score (nSPS) is 18.8. The molecule has 1 aromatic rings. The van der Waals surface area contributed by atoms with Crippen molar-refractivity contribution in [1.82, 2.24) is 15.1 Å². The Bertz CT molecular complexity index is 496. The molecule has 0 bridgehead atoms. The molecule has 1 aliphatic rings. The van der Waals surface area contributed by atoms with Gasteiger partial charge < -0.3 is 15.1 Å². The summed E-state index contributed by atoms with van der Waals surface area (Å²) in [6.07, 6.45) is 0. The van der Waals surface area contributed by atoms with Crippen molar-refractivity contribution in [2.75, 3.05) is 33.7 Å². The van der Waals surface area contributed by atoms with Gasteiger partial charge in [0.2, 0.25) is 0 Å². The zero-order chi connectivity index (χ0) is 14.7. The van der Waals surface area contributed by atoms with E-state index in [2.05, 4.69) is 5.32 Å².